The maximum atomic E-state index is 12.5. The molecular weight excluding hydrogens is 368 g/mol. The van der Waals surface area contributed by atoms with Crippen LogP contribution in [0.3, 0.4) is 0 Å². The quantitative estimate of drug-likeness (QED) is 0.630. The number of sulfone groups is 1. The van der Waals surface area contributed by atoms with Gasteiger partial charge in [0.1, 0.15) is 14.7 Å². The van der Waals surface area contributed by atoms with Crippen LogP contribution in [0.15, 0.2) is 21.7 Å². The van der Waals surface area contributed by atoms with Gasteiger partial charge in [-0.2, -0.15) is 0 Å². The first-order valence-corrected chi connectivity index (χ1v) is 10.7. The van der Waals surface area contributed by atoms with Crippen LogP contribution in [0.25, 0.3) is 0 Å². The van der Waals surface area contributed by atoms with Gasteiger partial charge in [-0.1, -0.05) is 26.8 Å². The summed E-state index contributed by atoms with van der Waals surface area (Å²) >= 11 is 7.35. The van der Waals surface area contributed by atoms with Gasteiger partial charge in [0.2, 0.25) is 9.84 Å². The number of hydrogen-bond acceptors (Lipinski definition) is 5. The van der Waals surface area contributed by atoms with Crippen molar-refractivity contribution in [2.45, 2.75) is 75.0 Å². The van der Waals surface area contributed by atoms with E-state index in [1.165, 1.54) is 6.07 Å². The molecule has 4 nitrogen and oxygen atoms in total. The molecule has 2 atom stereocenters. The lowest BCUT2D eigenvalue weighted by Crippen LogP contribution is -2.35. The number of Topliss-reactive ketones (excluding diaryl/α,β-unsaturated/α-hetero) is 1. The zero-order valence-corrected chi connectivity index (χ0v) is 17.5. The van der Waals surface area contributed by atoms with Crippen molar-refractivity contribution in [3.63, 3.8) is 0 Å². The summed E-state index contributed by atoms with van der Waals surface area (Å²) in [6.45, 7) is 11.1. The molecule has 2 unspecified atom stereocenters. The van der Waals surface area contributed by atoms with E-state index in [4.69, 9.17) is 16.3 Å². The van der Waals surface area contributed by atoms with E-state index in [0.717, 1.165) is 11.3 Å². The van der Waals surface area contributed by atoms with Crippen molar-refractivity contribution in [1.82, 2.24) is 0 Å². The summed E-state index contributed by atoms with van der Waals surface area (Å²) in [6, 6.07) is 3.21. The number of carbonyl (C=O) groups is 1. The van der Waals surface area contributed by atoms with Crippen molar-refractivity contribution in [1.29, 1.82) is 0 Å². The van der Waals surface area contributed by atoms with Crippen LogP contribution in [-0.2, 0) is 19.4 Å². The number of rotatable bonds is 7. The van der Waals surface area contributed by atoms with Gasteiger partial charge in [-0.25, -0.2) is 8.42 Å². The van der Waals surface area contributed by atoms with E-state index in [9.17, 15) is 13.2 Å². The highest BCUT2D eigenvalue weighted by Crippen LogP contribution is 2.30. The van der Waals surface area contributed by atoms with Gasteiger partial charge in [-0.3, -0.25) is 4.79 Å². The molecule has 0 saturated carbocycles. The number of ketones is 1. The van der Waals surface area contributed by atoms with Crippen LogP contribution in [0, 0.1) is 5.41 Å². The first kappa shape index (κ1) is 21.6. The maximum Gasteiger partial charge on any atom is 0.204 e. The molecule has 0 amide bonds. The van der Waals surface area contributed by atoms with E-state index >= 15 is 0 Å². The van der Waals surface area contributed by atoms with Crippen LogP contribution in [0.2, 0.25) is 0 Å². The Hall–Kier alpha value is -0.430. The molecule has 1 aromatic rings. The van der Waals surface area contributed by atoms with Crippen molar-refractivity contribution in [3.8, 4) is 0 Å². The van der Waals surface area contributed by atoms with Gasteiger partial charge in [0.15, 0.2) is 0 Å². The summed E-state index contributed by atoms with van der Waals surface area (Å²) in [5.74, 6) is 0.0224. The summed E-state index contributed by atoms with van der Waals surface area (Å²) in [6.07, 6.45) is -0.334. The van der Waals surface area contributed by atoms with E-state index in [1.807, 2.05) is 41.5 Å². The average Bonchev–Trinajstić information content (AvgIpc) is 2.89. The Morgan fingerprint density at radius 2 is 1.83 bits per heavy atom. The molecule has 0 fully saturated rings. The predicted molar refractivity (Wildman–Crippen MR) is 99.5 cm³/mol. The number of ether oxygens (including phenoxy) is 1. The highest BCUT2D eigenvalue weighted by atomic mass is 35.5. The Bertz CT molecular complexity index is 637. The molecule has 24 heavy (non-hydrogen) atoms. The predicted octanol–water partition coefficient (Wildman–Crippen LogP) is 4.67. The lowest BCUT2D eigenvalue weighted by Gasteiger charge is -2.30. The van der Waals surface area contributed by atoms with Gasteiger partial charge in [-0.05, 0) is 32.2 Å². The third kappa shape index (κ3) is 6.47. The molecule has 0 aliphatic carbocycles. The third-order valence-electron chi connectivity index (χ3n) is 3.33. The maximum absolute atomic E-state index is 12.5. The molecule has 0 bridgehead atoms. The second kappa shape index (κ2) is 7.85. The summed E-state index contributed by atoms with van der Waals surface area (Å²) in [5.41, 5.74) is -1.000. The molecule has 1 rings (SSSR count). The van der Waals surface area contributed by atoms with Gasteiger partial charge in [0, 0.05) is 18.3 Å². The minimum absolute atomic E-state index is 0.0224. The van der Waals surface area contributed by atoms with E-state index in [1.54, 1.807) is 11.4 Å². The monoisotopic (exact) mass is 394 g/mol. The van der Waals surface area contributed by atoms with Crippen molar-refractivity contribution in [3.05, 3.63) is 17.5 Å². The third-order valence-corrected chi connectivity index (χ3v) is 7.42. The summed E-state index contributed by atoms with van der Waals surface area (Å²) in [5, 5.41) is 1.70. The average molecular weight is 395 g/mol. The SMILES string of the molecule is CC(C)(C)OC(CC(=O)C(C)(C)C)CC(Cl)S(=O)(=O)c1cccs1. The standard InChI is InChI=1S/C17H27ClO4S2/c1-16(2,3)13(19)10-12(22-17(4,5)6)11-14(18)24(20,21)15-8-7-9-23-15/h7-9,12,14H,10-11H2,1-6H3. The fourth-order valence-corrected chi connectivity index (χ4v) is 5.20. The lowest BCUT2D eigenvalue weighted by atomic mass is 9.87. The second-order valence-electron chi connectivity index (χ2n) is 7.85. The van der Waals surface area contributed by atoms with Crippen LogP contribution in [0.4, 0.5) is 0 Å². The van der Waals surface area contributed by atoms with Crippen LogP contribution in [0.5, 0.6) is 0 Å². The van der Waals surface area contributed by atoms with Gasteiger partial charge >= 0.3 is 0 Å². The Kier molecular flexibility index (Phi) is 7.07. The van der Waals surface area contributed by atoms with Crippen molar-refractivity contribution >= 4 is 38.6 Å². The number of hydrogen-bond donors (Lipinski definition) is 0. The minimum Gasteiger partial charge on any atom is -0.372 e. The second-order valence-corrected chi connectivity index (χ2v) is 11.9. The van der Waals surface area contributed by atoms with Gasteiger partial charge < -0.3 is 4.74 Å². The zero-order chi connectivity index (χ0) is 18.8. The fourth-order valence-electron chi connectivity index (χ4n) is 2.07. The summed E-state index contributed by atoms with van der Waals surface area (Å²) < 4.78 is 30.1. The van der Waals surface area contributed by atoms with Gasteiger partial charge in [0.05, 0.1) is 11.7 Å². The van der Waals surface area contributed by atoms with Crippen molar-refractivity contribution in [2.24, 2.45) is 5.41 Å². The number of alkyl halides is 1. The molecule has 1 aromatic heterocycles. The molecule has 7 heteroatoms. The molecule has 0 N–H and O–H groups in total. The first-order chi connectivity index (χ1) is 10.7. The molecule has 0 aliphatic rings. The normalized spacial score (nSPS) is 16.0. The van der Waals surface area contributed by atoms with Crippen LogP contribution < -0.4 is 0 Å². The van der Waals surface area contributed by atoms with E-state index < -0.39 is 31.7 Å². The summed E-state index contributed by atoms with van der Waals surface area (Å²) in [4.78, 5) is 12.4. The minimum atomic E-state index is -3.62. The Morgan fingerprint density at radius 1 is 1.25 bits per heavy atom. The molecular formula is C17H27ClO4S2. The number of carbonyl (C=O) groups excluding carboxylic acids is 1. The Balaban J connectivity index is 2.94. The van der Waals surface area contributed by atoms with Crippen molar-refractivity contribution in [2.75, 3.05) is 0 Å². The molecule has 0 saturated heterocycles. The van der Waals surface area contributed by atoms with Gasteiger partial charge in [0.25, 0.3) is 0 Å². The van der Waals surface area contributed by atoms with E-state index in [-0.39, 0.29) is 22.8 Å². The first-order valence-electron chi connectivity index (χ1n) is 7.86. The van der Waals surface area contributed by atoms with Crippen LogP contribution >= 0.6 is 22.9 Å². The zero-order valence-electron chi connectivity index (χ0n) is 15.1. The molecule has 138 valence electrons. The van der Waals surface area contributed by atoms with Crippen molar-refractivity contribution < 1.29 is 17.9 Å². The smallest absolute Gasteiger partial charge is 0.204 e. The Labute approximate surface area is 154 Å². The van der Waals surface area contributed by atoms with E-state index in [0.29, 0.717) is 0 Å². The molecule has 0 aromatic carbocycles. The largest absolute Gasteiger partial charge is 0.372 e. The highest BCUT2D eigenvalue weighted by Gasteiger charge is 2.34. The molecule has 0 spiro atoms. The van der Waals surface area contributed by atoms with E-state index in [2.05, 4.69) is 0 Å². The molecule has 0 aliphatic heterocycles. The number of halogens is 1. The molecule has 1 heterocycles. The topological polar surface area (TPSA) is 60.4 Å². The Morgan fingerprint density at radius 3 is 2.25 bits per heavy atom. The van der Waals surface area contributed by atoms with Crippen LogP contribution in [0.1, 0.15) is 54.4 Å². The van der Waals surface area contributed by atoms with Crippen LogP contribution in [-0.4, -0.2) is 30.6 Å². The van der Waals surface area contributed by atoms with Gasteiger partial charge in [-0.15, -0.1) is 22.9 Å². The fraction of sp³-hybridized carbons (Fsp3) is 0.706. The highest BCUT2D eigenvalue weighted by molar-refractivity contribution is 7.95. The lowest BCUT2D eigenvalue weighted by molar-refractivity contribution is -0.133. The molecule has 0 radical (unpaired) electrons. The number of thiophene rings is 1. The summed E-state index contributed by atoms with van der Waals surface area (Å²) in [7, 11) is -3.62.